The molecule has 3 heterocycles. The highest BCUT2D eigenvalue weighted by Gasteiger charge is 2.74. The number of benzene rings is 2. The fourth-order valence-corrected chi connectivity index (χ4v) is 7.09. The number of carbonyl (C=O) groups is 4. The fourth-order valence-electron chi connectivity index (χ4n) is 7.09. The number of fused-ring (bicyclic) bond motifs is 1. The highest BCUT2D eigenvalue weighted by molar-refractivity contribution is 5.99. The molecule has 2 N–H and O–H groups in total. The second-order valence-electron chi connectivity index (χ2n) is 11.8. The largest absolute Gasteiger partial charge is 0.463 e. The van der Waals surface area contributed by atoms with Crippen LogP contribution in [0, 0.1) is 11.8 Å². The summed E-state index contributed by atoms with van der Waals surface area (Å²) in [6.07, 6.45) is 4.32. The van der Waals surface area contributed by atoms with Crippen LogP contribution in [0.4, 0.5) is 0 Å². The Morgan fingerprint density at radius 1 is 1.11 bits per heavy atom. The van der Waals surface area contributed by atoms with E-state index in [2.05, 4.69) is 18.5 Å². The van der Waals surface area contributed by atoms with Crippen LogP contribution in [-0.2, 0) is 35.2 Å². The number of hydrogen-bond donors (Lipinski definition) is 2. The summed E-state index contributed by atoms with van der Waals surface area (Å²) in [4.78, 5) is 57.8. The average molecular weight is 616 g/mol. The summed E-state index contributed by atoms with van der Waals surface area (Å²) in [6, 6.07) is 17.1. The van der Waals surface area contributed by atoms with Gasteiger partial charge in [0.2, 0.25) is 17.7 Å². The fraction of sp³-hybridized carbons (Fsp3) is 0.429. The first-order valence-corrected chi connectivity index (χ1v) is 15.5. The van der Waals surface area contributed by atoms with Crippen LogP contribution < -0.4 is 5.32 Å². The number of esters is 1. The molecule has 10 nitrogen and oxygen atoms in total. The molecule has 45 heavy (non-hydrogen) atoms. The molecule has 2 bridgehead atoms. The number of carbonyl (C=O) groups excluding carboxylic acids is 4. The van der Waals surface area contributed by atoms with Gasteiger partial charge >= 0.3 is 5.97 Å². The van der Waals surface area contributed by atoms with Gasteiger partial charge in [0.15, 0.2) is 0 Å². The van der Waals surface area contributed by atoms with Gasteiger partial charge in [0.25, 0.3) is 0 Å². The third-order valence-corrected chi connectivity index (χ3v) is 9.04. The molecule has 3 aliphatic rings. The van der Waals surface area contributed by atoms with E-state index in [1.54, 1.807) is 17.1 Å². The van der Waals surface area contributed by atoms with E-state index in [1.165, 1.54) is 4.90 Å². The standard InChI is InChI=1S/C35H41N3O7/c1-3-5-16-28(40)44-23-26(25-14-10-7-11-15-25)36-32(41)29-27-17-18-35(45-27)30(29)33(42)38(20-21-39)31(35)34(43)37(19-4-2)22-24-12-8-6-9-13-24/h3-4,6-15,26-27,29-31,39H,1-2,5,16-23H2,(H,36,41)/t26-,27+,29-,30-,31+,35-/m0/s1. The van der Waals surface area contributed by atoms with Crippen LogP contribution in [0.15, 0.2) is 86.0 Å². The molecule has 6 atom stereocenters. The number of nitrogens with zero attached hydrogens (tertiary/aromatic N) is 2. The van der Waals surface area contributed by atoms with Crippen molar-refractivity contribution in [2.24, 2.45) is 11.8 Å². The lowest BCUT2D eigenvalue weighted by atomic mass is 9.70. The zero-order chi connectivity index (χ0) is 32.0. The Balaban J connectivity index is 1.41. The molecular formula is C35H41N3O7. The van der Waals surface area contributed by atoms with Gasteiger partial charge in [0.1, 0.15) is 18.2 Å². The van der Waals surface area contributed by atoms with E-state index >= 15 is 0 Å². The molecule has 2 aromatic carbocycles. The number of likely N-dealkylation sites (tertiary alicyclic amines) is 1. The maximum Gasteiger partial charge on any atom is 0.306 e. The molecule has 2 aromatic rings. The van der Waals surface area contributed by atoms with E-state index in [9.17, 15) is 24.3 Å². The Labute approximate surface area is 263 Å². The molecule has 10 heteroatoms. The maximum atomic E-state index is 14.3. The number of amides is 3. The van der Waals surface area contributed by atoms with E-state index in [0.717, 1.165) is 11.1 Å². The van der Waals surface area contributed by atoms with Gasteiger partial charge in [0.05, 0.1) is 30.6 Å². The summed E-state index contributed by atoms with van der Waals surface area (Å²) in [5.74, 6) is -3.24. The van der Waals surface area contributed by atoms with Gasteiger partial charge in [-0.2, -0.15) is 0 Å². The normalized spacial score (nSPS) is 25.4. The molecule has 238 valence electrons. The van der Waals surface area contributed by atoms with Crippen LogP contribution in [0.3, 0.4) is 0 Å². The zero-order valence-corrected chi connectivity index (χ0v) is 25.4. The average Bonchev–Trinajstić information content (AvgIpc) is 3.70. The summed E-state index contributed by atoms with van der Waals surface area (Å²) >= 11 is 0. The first-order chi connectivity index (χ1) is 21.8. The van der Waals surface area contributed by atoms with Gasteiger partial charge in [0, 0.05) is 26.1 Å². The second-order valence-corrected chi connectivity index (χ2v) is 11.8. The SMILES string of the molecule is C=CCCC(=O)OC[C@H](NC(=O)[C@@H]1[C@H]2C(=O)N(CCO)[C@H](C(=O)N(CC=C)Cc3ccccc3)[C@]23CC[C@H]1O3)c1ccccc1. The molecule has 3 fully saturated rings. The Morgan fingerprint density at radius 2 is 1.82 bits per heavy atom. The van der Waals surface area contributed by atoms with Gasteiger partial charge in [-0.1, -0.05) is 72.8 Å². The van der Waals surface area contributed by atoms with Crippen LogP contribution in [0.1, 0.15) is 42.9 Å². The van der Waals surface area contributed by atoms with Crippen molar-refractivity contribution in [2.45, 2.75) is 56.0 Å². The first-order valence-electron chi connectivity index (χ1n) is 15.5. The summed E-state index contributed by atoms with van der Waals surface area (Å²) in [5, 5.41) is 13.0. The Kier molecular flexibility index (Phi) is 10.1. The van der Waals surface area contributed by atoms with Crippen LogP contribution in [-0.4, -0.2) is 82.6 Å². The Bertz CT molecular complexity index is 1400. The minimum Gasteiger partial charge on any atom is -0.463 e. The Hall–Kier alpha value is -4.28. The number of hydrogen-bond acceptors (Lipinski definition) is 7. The molecule has 0 unspecified atom stereocenters. The quantitative estimate of drug-likeness (QED) is 0.233. The molecule has 0 aromatic heterocycles. The van der Waals surface area contributed by atoms with Crippen LogP contribution >= 0.6 is 0 Å². The molecule has 0 aliphatic carbocycles. The highest BCUT2D eigenvalue weighted by atomic mass is 16.5. The zero-order valence-electron chi connectivity index (χ0n) is 25.4. The van der Waals surface area contributed by atoms with Crippen molar-refractivity contribution in [3.63, 3.8) is 0 Å². The van der Waals surface area contributed by atoms with Crippen molar-refractivity contribution in [2.75, 3.05) is 26.3 Å². The molecule has 0 saturated carbocycles. The third kappa shape index (κ3) is 6.43. The number of rotatable bonds is 15. The van der Waals surface area contributed by atoms with E-state index in [4.69, 9.17) is 9.47 Å². The number of ether oxygens (including phenoxy) is 2. The van der Waals surface area contributed by atoms with Crippen molar-refractivity contribution in [3.8, 4) is 0 Å². The number of aliphatic hydroxyl groups is 1. The maximum absolute atomic E-state index is 14.3. The Morgan fingerprint density at radius 3 is 2.49 bits per heavy atom. The van der Waals surface area contributed by atoms with Crippen molar-refractivity contribution >= 4 is 23.7 Å². The lowest BCUT2D eigenvalue weighted by Gasteiger charge is -2.36. The minimum atomic E-state index is -1.20. The van der Waals surface area contributed by atoms with Crippen LogP contribution in [0.5, 0.6) is 0 Å². The predicted octanol–water partition coefficient (Wildman–Crippen LogP) is 2.94. The van der Waals surface area contributed by atoms with Gasteiger partial charge in [-0.25, -0.2) is 0 Å². The number of allylic oxidation sites excluding steroid dienone is 1. The van der Waals surface area contributed by atoms with Gasteiger partial charge < -0.3 is 29.7 Å². The van der Waals surface area contributed by atoms with Crippen molar-refractivity contribution in [3.05, 3.63) is 97.1 Å². The molecule has 5 rings (SSSR count). The number of aliphatic hydroxyl groups excluding tert-OH is 1. The summed E-state index contributed by atoms with van der Waals surface area (Å²) in [6.45, 7) is 7.54. The molecule has 1 spiro atoms. The van der Waals surface area contributed by atoms with E-state index in [0.29, 0.717) is 25.8 Å². The summed E-state index contributed by atoms with van der Waals surface area (Å²) in [7, 11) is 0. The minimum absolute atomic E-state index is 0.0591. The molecule has 0 radical (unpaired) electrons. The number of nitrogens with one attached hydrogen (secondary N) is 1. The third-order valence-electron chi connectivity index (χ3n) is 9.04. The first kappa shape index (κ1) is 32.1. The molecule has 3 amide bonds. The van der Waals surface area contributed by atoms with Crippen LogP contribution in [0.25, 0.3) is 0 Å². The molecule has 3 aliphatic heterocycles. The van der Waals surface area contributed by atoms with Gasteiger partial charge in [-0.05, 0) is 30.4 Å². The van der Waals surface area contributed by atoms with Crippen molar-refractivity contribution in [1.82, 2.24) is 15.1 Å². The lowest BCUT2D eigenvalue weighted by molar-refractivity contribution is -0.149. The molecular weight excluding hydrogens is 574 g/mol. The topological polar surface area (TPSA) is 125 Å². The summed E-state index contributed by atoms with van der Waals surface area (Å²) in [5.41, 5.74) is 0.464. The summed E-state index contributed by atoms with van der Waals surface area (Å²) < 4.78 is 12.0. The lowest BCUT2D eigenvalue weighted by Crippen LogP contribution is -2.56. The van der Waals surface area contributed by atoms with Gasteiger partial charge in [-0.3, -0.25) is 19.2 Å². The van der Waals surface area contributed by atoms with E-state index in [1.807, 2.05) is 60.7 Å². The van der Waals surface area contributed by atoms with Gasteiger partial charge in [-0.15, -0.1) is 13.2 Å². The molecule has 3 saturated heterocycles. The van der Waals surface area contributed by atoms with Crippen molar-refractivity contribution < 1.29 is 33.8 Å². The smallest absolute Gasteiger partial charge is 0.306 e. The number of β-amino-alcohol motifs (C(OH)–C–C–N with tert-alkyl or cyclic N) is 1. The van der Waals surface area contributed by atoms with Crippen molar-refractivity contribution in [1.29, 1.82) is 0 Å². The van der Waals surface area contributed by atoms with Crippen LogP contribution in [0.2, 0.25) is 0 Å². The second kappa shape index (κ2) is 14.2. The monoisotopic (exact) mass is 615 g/mol. The van der Waals surface area contributed by atoms with E-state index in [-0.39, 0.29) is 44.5 Å². The highest BCUT2D eigenvalue weighted by Crippen LogP contribution is 2.58. The predicted molar refractivity (Wildman–Crippen MR) is 166 cm³/mol. The van der Waals surface area contributed by atoms with E-state index < -0.39 is 47.5 Å².